The normalized spacial score (nSPS) is 10.5. The molecule has 2 N–H and O–H groups in total. The standard InChI is InChI=1S/C20H20N2O6S2/c1-5-28-19(24)15-12(11-6-7-13(26-3)14(8-11)27-4)9-29-18(15)22-17(23)16-10(2)21-20(25)30-16/h6-9H,5H2,1-4H3,(H,21,25)(H,22,23). The molecule has 0 bridgehead atoms. The molecule has 0 unspecified atom stereocenters. The third kappa shape index (κ3) is 4.24. The number of methoxy groups -OCH3 is 2. The summed E-state index contributed by atoms with van der Waals surface area (Å²) in [5, 5.41) is 4.83. The van der Waals surface area contributed by atoms with Crippen molar-refractivity contribution in [2.45, 2.75) is 13.8 Å². The topological polar surface area (TPSA) is 107 Å². The molecule has 0 aliphatic heterocycles. The minimum absolute atomic E-state index is 0.186. The van der Waals surface area contributed by atoms with Gasteiger partial charge in [-0.3, -0.25) is 9.59 Å². The number of H-pyrrole nitrogens is 1. The van der Waals surface area contributed by atoms with Gasteiger partial charge in [0.05, 0.1) is 20.8 Å². The molecule has 0 fully saturated rings. The average Bonchev–Trinajstić information content (AvgIpc) is 3.30. The van der Waals surface area contributed by atoms with Crippen molar-refractivity contribution in [3.05, 3.63) is 49.4 Å². The molecule has 0 atom stereocenters. The fourth-order valence-corrected chi connectivity index (χ4v) is 4.54. The van der Waals surface area contributed by atoms with Gasteiger partial charge in [-0.25, -0.2) is 4.79 Å². The summed E-state index contributed by atoms with van der Waals surface area (Å²) >= 11 is 2.01. The van der Waals surface area contributed by atoms with E-state index in [-0.39, 0.29) is 21.9 Å². The predicted molar refractivity (Wildman–Crippen MR) is 116 cm³/mol. The van der Waals surface area contributed by atoms with Gasteiger partial charge in [-0.05, 0) is 31.5 Å². The van der Waals surface area contributed by atoms with Crippen LogP contribution in [-0.2, 0) is 4.74 Å². The summed E-state index contributed by atoms with van der Waals surface area (Å²) in [4.78, 5) is 39.4. The molecule has 2 aromatic heterocycles. The van der Waals surface area contributed by atoms with Crippen LogP contribution < -0.4 is 19.7 Å². The molecule has 0 saturated carbocycles. The number of hydrogen-bond acceptors (Lipinski definition) is 8. The van der Waals surface area contributed by atoms with Crippen LogP contribution in [0.3, 0.4) is 0 Å². The number of thiophene rings is 1. The van der Waals surface area contributed by atoms with Crippen molar-refractivity contribution in [3.8, 4) is 22.6 Å². The number of aromatic nitrogens is 1. The number of esters is 1. The van der Waals surface area contributed by atoms with E-state index in [2.05, 4.69) is 10.3 Å². The van der Waals surface area contributed by atoms with Gasteiger partial charge in [-0.15, -0.1) is 11.3 Å². The first-order valence-corrected chi connectivity index (χ1v) is 10.6. The molecule has 0 radical (unpaired) electrons. The van der Waals surface area contributed by atoms with Crippen LogP contribution in [0.15, 0.2) is 28.4 Å². The van der Waals surface area contributed by atoms with E-state index in [1.54, 1.807) is 37.4 Å². The van der Waals surface area contributed by atoms with E-state index in [0.29, 0.717) is 33.3 Å². The molecule has 2 heterocycles. The Morgan fingerprint density at radius 1 is 1.17 bits per heavy atom. The minimum atomic E-state index is -0.558. The first kappa shape index (κ1) is 21.6. The number of nitrogens with one attached hydrogen (secondary N) is 2. The van der Waals surface area contributed by atoms with Crippen LogP contribution in [0.1, 0.15) is 32.6 Å². The number of ether oxygens (including phenoxy) is 3. The molecular formula is C20H20N2O6S2. The maximum atomic E-state index is 12.7. The van der Waals surface area contributed by atoms with Crippen LogP contribution in [0, 0.1) is 6.92 Å². The van der Waals surface area contributed by atoms with Crippen LogP contribution in [0.5, 0.6) is 11.5 Å². The van der Waals surface area contributed by atoms with Crippen molar-refractivity contribution in [2.75, 3.05) is 26.1 Å². The van der Waals surface area contributed by atoms with Crippen molar-refractivity contribution in [1.82, 2.24) is 4.98 Å². The summed E-state index contributed by atoms with van der Waals surface area (Å²) in [6.45, 7) is 3.54. The molecule has 8 nitrogen and oxygen atoms in total. The summed E-state index contributed by atoms with van der Waals surface area (Å²) in [6, 6.07) is 5.27. The third-order valence-corrected chi connectivity index (χ3v) is 6.10. The zero-order chi connectivity index (χ0) is 21.8. The van der Waals surface area contributed by atoms with E-state index in [9.17, 15) is 14.4 Å². The third-order valence-electron chi connectivity index (χ3n) is 4.22. The lowest BCUT2D eigenvalue weighted by atomic mass is 10.0. The molecule has 1 aromatic carbocycles. The van der Waals surface area contributed by atoms with Gasteiger partial charge >= 0.3 is 10.8 Å². The van der Waals surface area contributed by atoms with E-state index in [0.717, 1.165) is 11.3 Å². The molecule has 0 aliphatic rings. The van der Waals surface area contributed by atoms with E-state index < -0.39 is 11.9 Å². The highest BCUT2D eigenvalue weighted by atomic mass is 32.1. The SMILES string of the molecule is CCOC(=O)c1c(-c2ccc(OC)c(OC)c2)csc1NC(=O)c1sc(=O)[nH]c1C. The lowest BCUT2D eigenvalue weighted by Crippen LogP contribution is -2.14. The molecule has 0 aliphatic carbocycles. The van der Waals surface area contributed by atoms with E-state index in [1.165, 1.54) is 25.6 Å². The van der Waals surface area contributed by atoms with Gasteiger partial charge in [0.2, 0.25) is 0 Å². The number of carbonyl (C=O) groups is 2. The summed E-state index contributed by atoms with van der Waals surface area (Å²) in [5.41, 5.74) is 2.00. The average molecular weight is 449 g/mol. The number of amides is 1. The van der Waals surface area contributed by atoms with Crippen molar-refractivity contribution in [3.63, 3.8) is 0 Å². The van der Waals surface area contributed by atoms with E-state index in [1.807, 2.05) is 0 Å². The Hall–Kier alpha value is -3.11. The summed E-state index contributed by atoms with van der Waals surface area (Å²) in [7, 11) is 3.06. The van der Waals surface area contributed by atoms with Crippen molar-refractivity contribution < 1.29 is 23.8 Å². The van der Waals surface area contributed by atoms with Crippen LogP contribution in [0.2, 0.25) is 0 Å². The monoisotopic (exact) mass is 448 g/mol. The molecule has 158 valence electrons. The number of anilines is 1. The Bertz CT molecular complexity index is 1140. The quantitative estimate of drug-likeness (QED) is 0.531. The molecule has 0 saturated heterocycles. The lowest BCUT2D eigenvalue weighted by Gasteiger charge is -2.11. The Balaban J connectivity index is 2.04. The fourth-order valence-electron chi connectivity index (χ4n) is 2.85. The Morgan fingerprint density at radius 3 is 2.50 bits per heavy atom. The minimum Gasteiger partial charge on any atom is -0.493 e. The lowest BCUT2D eigenvalue weighted by molar-refractivity contribution is 0.0529. The first-order chi connectivity index (χ1) is 14.4. The van der Waals surface area contributed by atoms with Crippen molar-refractivity contribution in [1.29, 1.82) is 0 Å². The zero-order valence-corrected chi connectivity index (χ0v) is 18.4. The summed E-state index contributed by atoms with van der Waals surface area (Å²) < 4.78 is 15.8. The van der Waals surface area contributed by atoms with E-state index >= 15 is 0 Å². The number of aromatic amines is 1. The molecule has 1 amide bonds. The van der Waals surface area contributed by atoms with Crippen LogP contribution in [0.25, 0.3) is 11.1 Å². The van der Waals surface area contributed by atoms with Gasteiger partial charge in [0.1, 0.15) is 15.4 Å². The fraction of sp³-hybridized carbons (Fsp3) is 0.250. The maximum Gasteiger partial charge on any atom is 0.341 e. The number of carbonyl (C=O) groups excluding carboxylic acids is 2. The second-order valence-corrected chi connectivity index (χ2v) is 7.93. The summed E-state index contributed by atoms with van der Waals surface area (Å²) in [6.07, 6.45) is 0. The van der Waals surface area contributed by atoms with Gasteiger partial charge in [0.25, 0.3) is 5.91 Å². The predicted octanol–water partition coefficient (Wildman–Crippen LogP) is 3.92. The van der Waals surface area contributed by atoms with Crippen LogP contribution in [-0.4, -0.2) is 37.7 Å². The Kier molecular flexibility index (Phi) is 6.58. The largest absolute Gasteiger partial charge is 0.493 e. The molecular weight excluding hydrogens is 428 g/mol. The second-order valence-electron chi connectivity index (χ2n) is 6.07. The molecule has 10 heteroatoms. The van der Waals surface area contributed by atoms with Crippen LogP contribution >= 0.6 is 22.7 Å². The van der Waals surface area contributed by atoms with Gasteiger partial charge in [0, 0.05) is 16.6 Å². The van der Waals surface area contributed by atoms with Crippen molar-refractivity contribution in [2.24, 2.45) is 0 Å². The highest BCUT2D eigenvalue weighted by Crippen LogP contribution is 2.39. The Morgan fingerprint density at radius 2 is 1.90 bits per heavy atom. The molecule has 30 heavy (non-hydrogen) atoms. The van der Waals surface area contributed by atoms with Gasteiger partial charge in [0.15, 0.2) is 11.5 Å². The first-order valence-electron chi connectivity index (χ1n) is 8.91. The number of hydrogen-bond donors (Lipinski definition) is 2. The van der Waals surface area contributed by atoms with Gasteiger partial charge in [-0.2, -0.15) is 0 Å². The zero-order valence-electron chi connectivity index (χ0n) is 16.8. The smallest absolute Gasteiger partial charge is 0.341 e. The Labute approximate surface area is 180 Å². The van der Waals surface area contributed by atoms with Crippen LogP contribution in [0.4, 0.5) is 5.00 Å². The highest BCUT2D eigenvalue weighted by Gasteiger charge is 2.25. The second kappa shape index (κ2) is 9.14. The number of benzene rings is 1. The molecule has 0 spiro atoms. The summed E-state index contributed by atoms with van der Waals surface area (Å²) in [5.74, 6) is 0.0368. The molecule has 3 aromatic rings. The van der Waals surface area contributed by atoms with Gasteiger partial charge < -0.3 is 24.5 Å². The maximum absolute atomic E-state index is 12.7. The van der Waals surface area contributed by atoms with Gasteiger partial charge in [-0.1, -0.05) is 17.4 Å². The van der Waals surface area contributed by atoms with Crippen molar-refractivity contribution >= 4 is 39.6 Å². The number of aryl methyl sites for hydroxylation is 1. The number of rotatable bonds is 7. The number of thiazole rings is 1. The molecule has 3 rings (SSSR count). The van der Waals surface area contributed by atoms with E-state index in [4.69, 9.17) is 14.2 Å². The highest BCUT2D eigenvalue weighted by molar-refractivity contribution is 7.15.